The summed E-state index contributed by atoms with van der Waals surface area (Å²) in [5, 5.41) is 11.7. The number of aliphatic hydroxyl groups excluding tert-OH is 1. The summed E-state index contributed by atoms with van der Waals surface area (Å²) in [4.78, 5) is 11.5. The average molecular weight is 459 g/mol. The SMILES string of the molecule is CC(=O)OC1CCC2(C)C(CCC3C4CCC(C(C)C=CC(C)C(C)C)C4(C)CC(O)C32)C1. The Morgan fingerprint density at radius 1 is 1.00 bits per heavy atom. The fraction of sp³-hybridized carbons (Fsp3) is 0.900. The molecule has 0 aromatic rings. The molecule has 33 heavy (non-hydrogen) atoms. The highest BCUT2D eigenvalue weighted by Crippen LogP contribution is 2.68. The van der Waals surface area contributed by atoms with Gasteiger partial charge >= 0.3 is 5.97 Å². The molecule has 11 unspecified atom stereocenters. The zero-order valence-corrected chi connectivity index (χ0v) is 22.3. The van der Waals surface area contributed by atoms with Crippen LogP contribution in [-0.2, 0) is 9.53 Å². The van der Waals surface area contributed by atoms with E-state index in [0.717, 1.165) is 31.6 Å². The summed E-state index contributed by atoms with van der Waals surface area (Å²) in [7, 11) is 0. The van der Waals surface area contributed by atoms with E-state index in [1.165, 1.54) is 32.6 Å². The van der Waals surface area contributed by atoms with Crippen LogP contribution in [0.3, 0.4) is 0 Å². The summed E-state index contributed by atoms with van der Waals surface area (Å²) < 4.78 is 5.62. The Bertz CT molecular complexity index is 743. The molecular weight excluding hydrogens is 408 g/mol. The van der Waals surface area contributed by atoms with Gasteiger partial charge in [0.2, 0.25) is 0 Å². The number of carbonyl (C=O) groups is 1. The molecule has 0 aromatic carbocycles. The lowest BCUT2D eigenvalue weighted by Gasteiger charge is -2.62. The zero-order chi connectivity index (χ0) is 24.1. The molecular formula is C30H50O3. The van der Waals surface area contributed by atoms with Crippen molar-refractivity contribution in [2.45, 2.75) is 112 Å². The minimum Gasteiger partial charge on any atom is -0.463 e. The van der Waals surface area contributed by atoms with Crippen molar-refractivity contribution in [3.8, 4) is 0 Å². The number of ether oxygens (including phenoxy) is 1. The van der Waals surface area contributed by atoms with Crippen LogP contribution in [0.2, 0.25) is 0 Å². The molecule has 4 saturated carbocycles. The maximum absolute atomic E-state index is 11.7. The molecule has 4 aliphatic carbocycles. The van der Waals surface area contributed by atoms with Crippen molar-refractivity contribution in [2.75, 3.05) is 0 Å². The molecule has 0 heterocycles. The second-order valence-corrected chi connectivity index (χ2v) is 13.4. The highest BCUT2D eigenvalue weighted by molar-refractivity contribution is 5.66. The van der Waals surface area contributed by atoms with Crippen LogP contribution in [0.4, 0.5) is 0 Å². The largest absolute Gasteiger partial charge is 0.463 e. The monoisotopic (exact) mass is 458 g/mol. The number of esters is 1. The molecule has 4 aliphatic rings. The minimum atomic E-state index is -0.194. The number of hydrogen-bond acceptors (Lipinski definition) is 3. The molecule has 0 bridgehead atoms. The van der Waals surface area contributed by atoms with Gasteiger partial charge in [-0.25, -0.2) is 0 Å². The van der Waals surface area contributed by atoms with E-state index in [0.29, 0.717) is 41.4 Å². The van der Waals surface area contributed by atoms with E-state index < -0.39 is 0 Å². The van der Waals surface area contributed by atoms with Crippen LogP contribution < -0.4 is 0 Å². The van der Waals surface area contributed by atoms with Crippen molar-refractivity contribution in [1.82, 2.24) is 0 Å². The molecule has 3 heteroatoms. The van der Waals surface area contributed by atoms with Crippen molar-refractivity contribution in [3.05, 3.63) is 12.2 Å². The predicted molar refractivity (Wildman–Crippen MR) is 134 cm³/mol. The summed E-state index contributed by atoms with van der Waals surface area (Å²) in [5.74, 6) is 4.81. The van der Waals surface area contributed by atoms with Crippen molar-refractivity contribution in [3.63, 3.8) is 0 Å². The molecule has 0 amide bonds. The maximum atomic E-state index is 11.7. The van der Waals surface area contributed by atoms with Gasteiger partial charge in [-0.2, -0.15) is 0 Å². The number of fused-ring (bicyclic) bond motifs is 5. The number of aliphatic hydroxyl groups is 1. The van der Waals surface area contributed by atoms with Crippen LogP contribution >= 0.6 is 0 Å². The smallest absolute Gasteiger partial charge is 0.302 e. The molecule has 4 rings (SSSR count). The molecule has 188 valence electrons. The van der Waals surface area contributed by atoms with Crippen LogP contribution in [0.15, 0.2) is 12.2 Å². The first-order chi connectivity index (χ1) is 15.5. The van der Waals surface area contributed by atoms with Crippen molar-refractivity contribution in [2.24, 2.45) is 58.2 Å². The Labute approximate surface area is 203 Å². The van der Waals surface area contributed by atoms with Gasteiger partial charge in [0.1, 0.15) is 6.10 Å². The third-order valence-electron chi connectivity index (χ3n) is 11.4. The quantitative estimate of drug-likeness (QED) is 0.355. The summed E-state index contributed by atoms with van der Waals surface area (Å²) in [6.07, 6.45) is 14.0. The Balaban J connectivity index is 1.51. The Kier molecular flexibility index (Phi) is 7.14. The van der Waals surface area contributed by atoms with E-state index in [2.05, 4.69) is 53.7 Å². The molecule has 11 atom stereocenters. The average Bonchev–Trinajstić information content (AvgIpc) is 3.07. The lowest BCUT2D eigenvalue weighted by atomic mass is 9.43. The van der Waals surface area contributed by atoms with Crippen molar-refractivity contribution < 1.29 is 14.6 Å². The summed E-state index contributed by atoms with van der Waals surface area (Å²) in [6.45, 7) is 15.9. The van der Waals surface area contributed by atoms with Gasteiger partial charge in [-0.15, -0.1) is 0 Å². The Morgan fingerprint density at radius 3 is 2.39 bits per heavy atom. The third-order valence-corrected chi connectivity index (χ3v) is 11.4. The number of rotatable bonds is 5. The summed E-state index contributed by atoms with van der Waals surface area (Å²) in [6, 6.07) is 0. The number of hydrogen-bond donors (Lipinski definition) is 1. The van der Waals surface area contributed by atoms with E-state index in [4.69, 9.17) is 4.74 Å². The van der Waals surface area contributed by atoms with Gasteiger partial charge in [-0.1, -0.05) is 53.7 Å². The highest BCUT2D eigenvalue weighted by Gasteiger charge is 2.63. The first-order valence-electron chi connectivity index (χ1n) is 14.0. The fourth-order valence-electron chi connectivity index (χ4n) is 9.29. The molecule has 0 radical (unpaired) electrons. The predicted octanol–water partition coefficient (Wildman–Crippen LogP) is 7.03. The van der Waals surface area contributed by atoms with E-state index in [1.807, 2.05) is 0 Å². The van der Waals surface area contributed by atoms with Gasteiger partial charge in [-0.3, -0.25) is 4.79 Å². The van der Waals surface area contributed by atoms with Gasteiger partial charge < -0.3 is 9.84 Å². The number of carbonyl (C=O) groups excluding carboxylic acids is 1. The van der Waals surface area contributed by atoms with Gasteiger partial charge in [0.25, 0.3) is 0 Å². The second kappa shape index (κ2) is 9.32. The lowest BCUT2D eigenvalue weighted by molar-refractivity contribution is -0.185. The first-order valence-corrected chi connectivity index (χ1v) is 14.0. The highest BCUT2D eigenvalue weighted by atomic mass is 16.5. The van der Waals surface area contributed by atoms with E-state index in [1.54, 1.807) is 0 Å². The maximum Gasteiger partial charge on any atom is 0.302 e. The third kappa shape index (κ3) is 4.45. The molecule has 0 spiro atoms. The topological polar surface area (TPSA) is 46.5 Å². The van der Waals surface area contributed by atoms with Crippen molar-refractivity contribution in [1.29, 1.82) is 0 Å². The molecule has 4 fully saturated rings. The van der Waals surface area contributed by atoms with Gasteiger partial charge in [0, 0.05) is 6.92 Å². The Hall–Kier alpha value is -0.830. The summed E-state index contributed by atoms with van der Waals surface area (Å²) >= 11 is 0. The zero-order valence-electron chi connectivity index (χ0n) is 22.3. The molecule has 0 aromatic heterocycles. The summed E-state index contributed by atoms with van der Waals surface area (Å²) in [5.41, 5.74) is 0.445. The van der Waals surface area contributed by atoms with Crippen LogP contribution in [-0.4, -0.2) is 23.3 Å². The van der Waals surface area contributed by atoms with Gasteiger partial charge in [-0.05, 0) is 110 Å². The van der Waals surface area contributed by atoms with E-state index in [9.17, 15) is 9.90 Å². The lowest BCUT2D eigenvalue weighted by Crippen LogP contribution is -2.59. The molecule has 0 saturated heterocycles. The van der Waals surface area contributed by atoms with Crippen LogP contribution in [0, 0.1) is 58.2 Å². The van der Waals surface area contributed by atoms with Crippen LogP contribution in [0.5, 0.6) is 0 Å². The molecule has 1 N–H and O–H groups in total. The van der Waals surface area contributed by atoms with E-state index >= 15 is 0 Å². The minimum absolute atomic E-state index is 0.0832. The van der Waals surface area contributed by atoms with Crippen molar-refractivity contribution >= 4 is 5.97 Å². The standard InChI is InChI=1S/C30H50O3/c1-18(2)19(3)8-9-20(4)25-12-13-26-24-11-10-22-16-23(33-21(5)31)14-15-29(22,6)28(24)27(32)17-30(25,26)7/h8-9,18-20,22-28,32H,10-17H2,1-7H3. The fourth-order valence-corrected chi connectivity index (χ4v) is 9.29. The van der Waals surface area contributed by atoms with Crippen LogP contribution in [0.25, 0.3) is 0 Å². The normalized spacial score (nSPS) is 47.0. The Morgan fingerprint density at radius 2 is 1.73 bits per heavy atom. The van der Waals surface area contributed by atoms with Crippen LogP contribution in [0.1, 0.15) is 99.8 Å². The van der Waals surface area contributed by atoms with E-state index in [-0.39, 0.29) is 29.0 Å². The molecule has 0 aliphatic heterocycles. The van der Waals surface area contributed by atoms with Gasteiger partial charge in [0.15, 0.2) is 0 Å². The number of allylic oxidation sites excluding steroid dienone is 2. The second-order valence-electron chi connectivity index (χ2n) is 13.4. The van der Waals surface area contributed by atoms with Gasteiger partial charge in [0.05, 0.1) is 6.10 Å². The first kappa shape index (κ1) is 25.3. The molecule has 3 nitrogen and oxygen atoms in total.